The Morgan fingerprint density at radius 2 is 2.08 bits per heavy atom. The van der Waals surface area contributed by atoms with Crippen LogP contribution in [0.3, 0.4) is 0 Å². The molecule has 3 rings (SSSR count). The third-order valence-corrected chi connectivity index (χ3v) is 3.64. The number of carbonyl (C=O) groups is 1. The zero-order valence-electron chi connectivity index (χ0n) is 13.8. The first kappa shape index (κ1) is 16.6. The molecule has 130 valence electrons. The molecule has 3 aromatic rings. The molecule has 7 nitrogen and oxygen atoms in total. The van der Waals surface area contributed by atoms with E-state index in [-0.39, 0.29) is 18.6 Å². The molecular formula is C18H19N3O4. The summed E-state index contributed by atoms with van der Waals surface area (Å²) in [5.41, 5.74) is 0. The maximum atomic E-state index is 12.1. The van der Waals surface area contributed by atoms with E-state index in [2.05, 4.69) is 10.4 Å². The number of ether oxygens (including phenoxy) is 2. The number of rotatable bonds is 8. The lowest BCUT2D eigenvalue weighted by molar-refractivity contribution is -0.123. The Hall–Kier alpha value is -3.22. The number of nitrogens with one attached hydrogen (secondary N) is 1. The monoisotopic (exact) mass is 341 g/mol. The normalized spacial score (nSPS) is 11.7. The van der Waals surface area contributed by atoms with Crippen molar-refractivity contribution in [3.8, 4) is 11.5 Å². The molecule has 1 atom stereocenters. The Morgan fingerprint density at radius 1 is 1.24 bits per heavy atom. The van der Waals surface area contributed by atoms with E-state index in [0.29, 0.717) is 18.0 Å². The number of aromatic nitrogens is 2. The van der Waals surface area contributed by atoms with Crippen molar-refractivity contribution >= 4 is 5.91 Å². The summed E-state index contributed by atoms with van der Waals surface area (Å²) in [6.45, 7) is 0.230. The number of carbonyl (C=O) groups excluding carboxylic acids is 1. The van der Waals surface area contributed by atoms with Gasteiger partial charge in [0, 0.05) is 18.9 Å². The molecule has 1 unspecified atom stereocenters. The van der Waals surface area contributed by atoms with E-state index in [4.69, 9.17) is 13.9 Å². The molecule has 1 amide bonds. The minimum Gasteiger partial charge on any atom is -0.493 e. The van der Waals surface area contributed by atoms with Gasteiger partial charge in [0.25, 0.3) is 5.91 Å². The molecule has 0 fully saturated rings. The molecule has 0 radical (unpaired) electrons. The summed E-state index contributed by atoms with van der Waals surface area (Å²) in [6.07, 6.45) is 5.10. The highest BCUT2D eigenvalue weighted by Crippen LogP contribution is 2.25. The zero-order chi connectivity index (χ0) is 17.5. The van der Waals surface area contributed by atoms with Crippen LogP contribution in [0.5, 0.6) is 11.5 Å². The number of hydrogen-bond acceptors (Lipinski definition) is 5. The number of para-hydroxylation sites is 2. The van der Waals surface area contributed by atoms with Gasteiger partial charge < -0.3 is 19.2 Å². The van der Waals surface area contributed by atoms with Crippen LogP contribution in [0.4, 0.5) is 0 Å². The van der Waals surface area contributed by atoms with E-state index in [1.54, 1.807) is 42.5 Å². The van der Waals surface area contributed by atoms with Crippen molar-refractivity contribution < 1.29 is 18.7 Å². The molecule has 0 aliphatic rings. The van der Waals surface area contributed by atoms with Crippen molar-refractivity contribution in [2.45, 2.75) is 6.04 Å². The minimum atomic E-state index is -0.241. The van der Waals surface area contributed by atoms with Gasteiger partial charge in [0.15, 0.2) is 18.1 Å². The zero-order valence-corrected chi connectivity index (χ0v) is 13.8. The van der Waals surface area contributed by atoms with E-state index >= 15 is 0 Å². The van der Waals surface area contributed by atoms with E-state index in [9.17, 15) is 4.79 Å². The Balaban J connectivity index is 1.57. The number of methoxy groups -OCH3 is 1. The second-order valence-corrected chi connectivity index (χ2v) is 5.26. The predicted octanol–water partition coefficient (Wildman–Crippen LogP) is 2.27. The molecule has 1 N–H and O–H groups in total. The Labute approximate surface area is 145 Å². The molecule has 2 aromatic heterocycles. The molecule has 2 heterocycles. The SMILES string of the molecule is COc1ccccc1OCC(=O)NCC(c1ccco1)n1cccn1. The van der Waals surface area contributed by atoms with Gasteiger partial charge >= 0.3 is 0 Å². The fourth-order valence-electron chi connectivity index (χ4n) is 2.41. The average molecular weight is 341 g/mol. The van der Waals surface area contributed by atoms with Crippen molar-refractivity contribution in [1.29, 1.82) is 0 Å². The fourth-order valence-corrected chi connectivity index (χ4v) is 2.41. The number of amides is 1. The lowest BCUT2D eigenvalue weighted by atomic mass is 10.2. The summed E-state index contributed by atoms with van der Waals surface area (Å²) in [6, 6.07) is 12.4. The summed E-state index contributed by atoms with van der Waals surface area (Å²) in [5, 5.41) is 7.07. The Bertz CT molecular complexity index is 750. The van der Waals surface area contributed by atoms with Gasteiger partial charge in [0.2, 0.25) is 0 Å². The average Bonchev–Trinajstić information content (AvgIpc) is 3.35. The molecular weight excluding hydrogens is 322 g/mol. The third kappa shape index (κ3) is 4.20. The molecule has 0 aliphatic carbocycles. The largest absolute Gasteiger partial charge is 0.493 e. The van der Waals surface area contributed by atoms with Crippen LogP contribution in [0, 0.1) is 0 Å². The number of benzene rings is 1. The van der Waals surface area contributed by atoms with Crippen LogP contribution >= 0.6 is 0 Å². The molecule has 0 aliphatic heterocycles. The highest BCUT2D eigenvalue weighted by molar-refractivity contribution is 5.77. The lowest BCUT2D eigenvalue weighted by Crippen LogP contribution is -2.34. The second-order valence-electron chi connectivity index (χ2n) is 5.26. The topological polar surface area (TPSA) is 78.5 Å². The van der Waals surface area contributed by atoms with Crippen molar-refractivity contribution in [2.24, 2.45) is 0 Å². The highest BCUT2D eigenvalue weighted by Gasteiger charge is 2.18. The van der Waals surface area contributed by atoms with Crippen molar-refractivity contribution in [2.75, 3.05) is 20.3 Å². The van der Waals surface area contributed by atoms with Crippen LogP contribution in [0.25, 0.3) is 0 Å². The molecule has 0 spiro atoms. The van der Waals surface area contributed by atoms with Gasteiger partial charge in [-0.25, -0.2) is 0 Å². The van der Waals surface area contributed by atoms with Crippen LogP contribution < -0.4 is 14.8 Å². The summed E-state index contributed by atoms with van der Waals surface area (Å²) in [4.78, 5) is 12.1. The second kappa shape index (κ2) is 8.05. The number of hydrogen-bond donors (Lipinski definition) is 1. The standard InChI is InChI=1S/C18H19N3O4/c1-23-16-6-2-3-7-17(16)25-13-18(22)19-12-14(15-8-4-11-24-15)21-10-5-9-20-21/h2-11,14H,12-13H2,1H3,(H,19,22). The highest BCUT2D eigenvalue weighted by atomic mass is 16.5. The van der Waals surface area contributed by atoms with Crippen LogP contribution in [-0.4, -0.2) is 35.9 Å². The molecule has 25 heavy (non-hydrogen) atoms. The van der Waals surface area contributed by atoms with E-state index in [1.807, 2.05) is 30.5 Å². The Morgan fingerprint density at radius 3 is 2.76 bits per heavy atom. The van der Waals surface area contributed by atoms with Crippen molar-refractivity contribution in [3.05, 3.63) is 66.9 Å². The van der Waals surface area contributed by atoms with Crippen LogP contribution in [0.2, 0.25) is 0 Å². The maximum absolute atomic E-state index is 12.1. The van der Waals surface area contributed by atoms with Gasteiger partial charge in [-0.1, -0.05) is 12.1 Å². The Kier molecular flexibility index (Phi) is 5.36. The lowest BCUT2D eigenvalue weighted by Gasteiger charge is -2.16. The van der Waals surface area contributed by atoms with E-state index in [1.165, 1.54) is 0 Å². The van der Waals surface area contributed by atoms with Gasteiger partial charge in [-0.3, -0.25) is 9.48 Å². The van der Waals surface area contributed by atoms with Gasteiger partial charge in [-0.2, -0.15) is 5.10 Å². The molecule has 0 saturated carbocycles. The number of nitrogens with zero attached hydrogens (tertiary/aromatic N) is 2. The minimum absolute atomic E-state index is 0.107. The van der Waals surface area contributed by atoms with Crippen LogP contribution in [0.15, 0.2) is 65.5 Å². The fraction of sp³-hybridized carbons (Fsp3) is 0.222. The summed E-state index contributed by atoms with van der Waals surface area (Å²) >= 11 is 0. The molecule has 0 saturated heterocycles. The van der Waals surface area contributed by atoms with Gasteiger partial charge in [-0.15, -0.1) is 0 Å². The smallest absolute Gasteiger partial charge is 0.258 e. The van der Waals surface area contributed by atoms with E-state index in [0.717, 1.165) is 5.76 Å². The maximum Gasteiger partial charge on any atom is 0.258 e. The predicted molar refractivity (Wildman–Crippen MR) is 90.6 cm³/mol. The van der Waals surface area contributed by atoms with Crippen LogP contribution in [-0.2, 0) is 4.79 Å². The van der Waals surface area contributed by atoms with Gasteiger partial charge in [-0.05, 0) is 30.3 Å². The van der Waals surface area contributed by atoms with Gasteiger partial charge in [0.1, 0.15) is 11.8 Å². The summed E-state index contributed by atoms with van der Waals surface area (Å²) < 4.78 is 17.9. The van der Waals surface area contributed by atoms with E-state index < -0.39 is 0 Å². The van der Waals surface area contributed by atoms with Gasteiger partial charge in [0.05, 0.1) is 13.4 Å². The third-order valence-electron chi connectivity index (χ3n) is 3.64. The van der Waals surface area contributed by atoms with Crippen molar-refractivity contribution in [1.82, 2.24) is 15.1 Å². The van der Waals surface area contributed by atoms with Crippen LogP contribution in [0.1, 0.15) is 11.8 Å². The summed E-state index contributed by atoms with van der Waals surface area (Å²) in [5.74, 6) is 1.58. The first-order valence-corrected chi connectivity index (χ1v) is 7.83. The first-order valence-electron chi connectivity index (χ1n) is 7.83. The van der Waals surface area contributed by atoms with Crippen molar-refractivity contribution in [3.63, 3.8) is 0 Å². The molecule has 7 heteroatoms. The molecule has 1 aromatic carbocycles. The quantitative estimate of drug-likeness (QED) is 0.680. The first-order chi connectivity index (χ1) is 12.3. The molecule has 0 bridgehead atoms. The number of furan rings is 1. The summed E-state index contributed by atoms with van der Waals surface area (Å²) in [7, 11) is 1.56.